The number of amides is 1. The SMILES string of the molecule is COc1ccc(C(NC(=O)c2cccc(OC3CCCC3)c2)C(=O)O)cc1. The van der Waals surface area contributed by atoms with Crippen molar-refractivity contribution in [1.82, 2.24) is 5.32 Å². The largest absolute Gasteiger partial charge is 0.497 e. The number of ether oxygens (including phenoxy) is 2. The molecule has 2 aromatic rings. The number of hydrogen-bond acceptors (Lipinski definition) is 4. The van der Waals surface area contributed by atoms with Crippen molar-refractivity contribution in [3.63, 3.8) is 0 Å². The number of carbonyl (C=O) groups is 2. The van der Waals surface area contributed by atoms with Crippen LogP contribution in [0, 0.1) is 0 Å². The van der Waals surface area contributed by atoms with Gasteiger partial charge in [0.2, 0.25) is 0 Å². The van der Waals surface area contributed by atoms with Gasteiger partial charge in [0.1, 0.15) is 11.5 Å². The second-order valence-electron chi connectivity index (χ2n) is 6.57. The molecule has 3 rings (SSSR count). The van der Waals surface area contributed by atoms with E-state index in [-0.39, 0.29) is 6.10 Å². The molecule has 1 aliphatic carbocycles. The number of methoxy groups -OCH3 is 1. The highest BCUT2D eigenvalue weighted by Crippen LogP contribution is 2.25. The lowest BCUT2D eigenvalue weighted by molar-refractivity contribution is -0.139. The number of carboxylic acid groups (broad SMARTS) is 1. The van der Waals surface area contributed by atoms with E-state index in [9.17, 15) is 14.7 Å². The standard InChI is InChI=1S/C21H23NO5/c1-26-16-11-9-14(10-12-16)19(21(24)25)22-20(23)15-5-4-8-18(13-15)27-17-6-2-3-7-17/h4-5,8-13,17,19H,2-3,6-7H2,1H3,(H,22,23)(H,24,25). The molecular weight excluding hydrogens is 346 g/mol. The van der Waals surface area contributed by atoms with Gasteiger partial charge in [0.25, 0.3) is 5.91 Å². The maximum Gasteiger partial charge on any atom is 0.330 e. The Bertz CT molecular complexity index is 796. The Morgan fingerprint density at radius 3 is 2.41 bits per heavy atom. The summed E-state index contributed by atoms with van der Waals surface area (Å²) in [5, 5.41) is 12.1. The maximum absolute atomic E-state index is 12.6. The average Bonchev–Trinajstić information content (AvgIpc) is 3.19. The lowest BCUT2D eigenvalue weighted by Gasteiger charge is -2.17. The Labute approximate surface area is 158 Å². The summed E-state index contributed by atoms with van der Waals surface area (Å²) in [4.78, 5) is 24.2. The van der Waals surface area contributed by atoms with Crippen LogP contribution in [-0.4, -0.2) is 30.2 Å². The number of hydrogen-bond donors (Lipinski definition) is 2. The van der Waals surface area contributed by atoms with Gasteiger partial charge in [0.05, 0.1) is 13.2 Å². The fraction of sp³-hybridized carbons (Fsp3) is 0.333. The summed E-state index contributed by atoms with van der Waals surface area (Å²) in [6.45, 7) is 0. The molecule has 0 heterocycles. The minimum atomic E-state index is -1.15. The first-order chi connectivity index (χ1) is 13.1. The predicted octanol–water partition coefficient (Wildman–Crippen LogP) is 3.57. The molecule has 6 nitrogen and oxygen atoms in total. The normalized spacial score (nSPS) is 15.1. The van der Waals surface area contributed by atoms with Crippen molar-refractivity contribution in [3.8, 4) is 11.5 Å². The van der Waals surface area contributed by atoms with Gasteiger partial charge in [-0.1, -0.05) is 18.2 Å². The van der Waals surface area contributed by atoms with E-state index in [2.05, 4.69) is 5.32 Å². The molecule has 1 amide bonds. The Hall–Kier alpha value is -3.02. The third-order valence-electron chi connectivity index (χ3n) is 4.67. The van der Waals surface area contributed by atoms with Crippen LogP contribution in [0.2, 0.25) is 0 Å². The van der Waals surface area contributed by atoms with Crippen LogP contribution >= 0.6 is 0 Å². The Morgan fingerprint density at radius 1 is 1.07 bits per heavy atom. The average molecular weight is 369 g/mol. The van der Waals surface area contributed by atoms with Crippen molar-refractivity contribution in [1.29, 1.82) is 0 Å². The number of aliphatic carboxylic acids is 1. The zero-order chi connectivity index (χ0) is 19.2. The van der Waals surface area contributed by atoms with Crippen molar-refractivity contribution in [3.05, 3.63) is 59.7 Å². The molecule has 2 aromatic carbocycles. The fourth-order valence-corrected chi connectivity index (χ4v) is 3.21. The lowest BCUT2D eigenvalue weighted by Crippen LogP contribution is -2.33. The van der Waals surface area contributed by atoms with Gasteiger partial charge >= 0.3 is 5.97 Å². The molecule has 1 aliphatic rings. The number of nitrogens with one attached hydrogen (secondary N) is 1. The summed E-state index contributed by atoms with van der Waals surface area (Å²) < 4.78 is 11.0. The zero-order valence-corrected chi connectivity index (χ0v) is 15.2. The summed E-state index contributed by atoms with van der Waals surface area (Å²) in [6, 6.07) is 12.3. The second kappa shape index (κ2) is 8.58. The van der Waals surface area contributed by atoms with Crippen molar-refractivity contribution < 1.29 is 24.2 Å². The molecule has 0 saturated heterocycles. The summed E-state index contributed by atoms with van der Waals surface area (Å²) in [5.41, 5.74) is 0.834. The van der Waals surface area contributed by atoms with E-state index in [1.807, 2.05) is 6.07 Å². The summed E-state index contributed by atoms with van der Waals surface area (Å²) in [6.07, 6.45) is 4.55. The molecule has 0 aromatic heterocycles. The second-order valence-corrected chi connectivity index (χ2v) is 6.57. The van der Waals surface area contributed by atoms with Crippen LogP contribution in [0.25, 0.3) is 0 Å². The van der Waals surface area contributed by atoms with Gasteiger partial charge in [0, 0.05) is 5.56 Å². The van der Waals surface area contributed by atoms with Crippen LogP contribution in [-0.2, 0) is 4.79 Å². The smallest absolute Gasteiger partial charge is 0.330 e. The zero-order valence-electron chi connectivity index (χ0n) is 15.2. The summed E-state index contributed by atoms with van der Waals surface area (Å²) in [5.74, 6) is -0.348. The molecule has 2 N–H and O–H groups in total. The first-order valence-corrected chi connectivity index (χ1v) is 9.01. The Balaban J connectivity index is 1.72. The van der Waals surface area contributed by atoms with Gasteiger partial charge in [-0.3, -0.25) is 4.79 Å². The van der Waals surface area contributed by atoms with E-state index in [1.165, 1.54) is 7.11 Å². The molecule has 1 atom stereocenters. The highest BCUT2D eigenvalue weighted by molar-refractivity contribution is 5.97. The molecular formula is C21H23NO5. The van der Waals surface area contributed by atoms with Crippen molar-refractivity contribution in [2.24, 2.45) is 0 Å². The van der Waals surface area contributed by atoms with Crippen molar-refractivity contribution in [2.45, 2.75) is 37.8 Å². The quantitative estimate of drug-likeness (QED) is 0.779. The molecule has 0 bridgehead atoms. The van der Waals surface area contributed by atoms with Crippen LogP contribution < -0.4 is 14.8 Å². The van der Waals surface area contributed by atoms with Crippen molar-refractivity contribution >= 4 is 11.9 Å². The third-order valence-corrected chi connectivity index (χ3v) is 4.67. The van der Waals surface area contributed by atoms with Gasteiger partial charge in [-0.2, -0.15) is 0 Å². The highest BCUT2D eigenvalue weighted by atomic mass is 16.5. The number of carboxylic acids is 1. The monoisotopic (exact) mass is 369 g/mol. The maximum atomic E-state index is 12.6. The summed E-state index contributed by atoms with van der Waals surface area (Å²) >= 11 is 0. The third kappa shape index (κ3) is 4.78. The van der Waals surface area contributed by atoms with E-state index in [4.69, 9.17) is 9.47 Å². The van der Waals surface area contributed by atoms with Gasteiger partial charge in [-0.25, -0.2) is 4.79 Å². The fourth-order valence-electron chi connectivity index (χ4n) is 3.21. The first kappa shape index (κ1) is 18.8. The molecule has 142 valence electrons. The van der Waals surface area contributed by atoms with E-state index in [1.54, 1.807) is 42.5 Å². The summed E-state index contributed by atoms with van der Waals surface area (Å²) in [7, 11) is 1.53. The van der Waals surface area contributed by atoms with Gasteiger partial charge < -0.3 is 19.9 Å². The topological polar surface area (TPSA) is 84.9 Å². The van der Waals surface area contributed by atoms with Gasteiger partial charge in [0.15, 0.2) is 6.04 Å². The Kier molecular flexibility index (Phi) is 5.96. The lowest BCUT2D eigenvalue weighted by atomic mass is 10.1. The van der Waals surface area contributed by atoms with E-state index in [0.717, 1.165) is 25.7 Å². The molecule has 1 fully saturated rings. The molecule has 0 aliphatic heterocycles. The van der Waals surface area contributed by atoms with Crippen LogP contribution in [0.3, 0.4) is 0 Å². The highest BCUT2D eigenvalue weighted by Gasteiger charge is 2.23. The molecule has 0 radical (unpaired) electrons. The number of rotatable bonds is 7. The van der Waals surface area contributed by atoms with Crippen LogP contribution in [0.1, 0.15) is 47.6 Å². The van der Waals surface area contributed by atoms with E-state index < -0.39 is 17.9 Å². The Morgan fingerprint density at radius 2 is 1.78 bits per heavy atom. The number of benzene rings is 2. The van der Waals surface area contributed by atoms with Gasteiger partial charge in [-0.05, 0) is 61.6 Å². The molecule has 1 saturated carbocycles. The van der Waals surface area contributed by atoms with E-state index in [0.29, 0.717) is 22.6 Å². The molecule has 0 spiro atoms. The van der Waals surface area contributed by atoms with Crippen LogP contribution in [0.5, 0.6) is 11.5 Å². The van der Waals surface area contributed by atoms with Crippen LogP contribution in [0.4, 0.5) is 0 Å². The molecule has 1 unspecified atom stereocenters. The number of carbonyl (C=O) groups excluding carboxylic acids is 1. The minimum Gasteiger partial charge on any atom is -0.497 e. The molecule has 6 heteroatoms. The predicted molar refractivity (Wildman–Crippen MR) is 100 cm³/mol. The first-order valence-electron chi connectivity index (χ1n) is 9.01. The van der Waals surface area contributed by atoms with Crippen LogP contribution in [0.15, 0.2) is 48.5 Å². The van der Waals surface area contributed by atoms with E-state index >= 15 is 0 Å². The van der Waals surface area contributed by atoms with Crippen molar-refractivity contribution in [2.75, 3.05) is 7.11 Å². The molecule has 27 heavy (non-hydrogen) atoms. The van der Waals surface area contributed by atoms with Gasteiger partial charge in [-0.15, -0.1) is 0 Å². The minimum absolute atomic E-state index is 0.189.